The van der Waals surface area contributed by atoms with Crippen LogP contribution in [0.2, 0.25) is 0 Å². The van der Waals surface area contributed by atoms with E-state index in [1.54, 1.807) is 48.5 Å². The molecule has 0 atom stereocenters. The summed E-state index contributed by atoms with van der Waals surface area (Å²) in [7, 11) is 0. The number of alkyl halides is 3. The van der Waals surface area contributed by atoms with Crippen LogP contribution >= 0.6 is 11.3 Å². The van der Waals surface area contributed by atoms with Crippen LogP contribution in [-0.2, 0) is 6.18 Å². The van der Waals surface area contributed by atoms with E-state index in [0.717, 1.165) is 20.7 Å². The van der Waals surface area contributed by atoms with Crippen molar-refractivity contribution in [3.63, 3.8) is 0 Å². The molecule has 31 heavy (non-hydrogen) atoms. The van der Waals surface area contributed by atoms with E-state index in [9.17, 15) is 18.0 Å². The van der Waals surface area contributed by atoms with E-state index in [0.29, 0.717) is 23.6 Å². The summed E-state index contributed by atoms with van der Waals surface area (Å²) in [5, 5.41) is 2.31. The van der Waals surface area contributed by atoms with Crippen molar-refractivity contribution in [3.8, 4) is 10.9 Å². The molecule has 10 heteroatoms. The van der Waals surface area contributed by atoms with Gasteiger partial charge in [0.2, 0.25) is 5.13 Å². The molecular formula is C21H17F3N4O2S. The number of nitrogens with zero attached hydrogens (tertiary/aromatic N) is 3. The SMILES string of the molecule is CCOc1ccc(N=C(C)c2c(C(F)(F)F)[nH]n(-c3nc4ccccc4s3)c2=O)cc1. The van der Waals surface area contributed by atoms with E-state index < -0.39 is 23.0 Å². The number of aliphatic imine (C=N–C) groups is 1. The van der Waals surface area contributed by atoms with E-state index in [2.05, 4.69) is 15.1 Å². The second-order valence-corrected chi connectivity index (χ2v) is 7.60. The van der Waals surface area contributed by atoms with Crippen LogP contribution < -0.4 is 10.3 Å². The average Bonchev–Trinajstić information content (AvgIpc) is 3.30. The first kappa shape index (κ1) is 20.9. The van der Waals surface area contributed by atoms with Gasteiger partial charge in [0.15, 0.2) is 5.69 Å². The van der Waals surface area contributed by atoms with Gasteiger partial charge in [-0.3, -0.25) is 14.9 Å². The summed E-state index contributed by atoms with van der Waals surface area (Å²) in [6.07, 6.45) is -4.77. The molecule has 2 heterocycles. The van der Waals surface area contributed by atoms with Crippen LogP contribution in [0.25, 0.3) is 15.3 Å². The molecule has 0 aliphatic heterocycles. The maximum absolute atomic E-state index is 13.7. The molecule has 0 fully saturated rings. The van der Waals surface area contributed by atoms with Crippen LogP contribution in [0.5, 0.6) is 5.75 Å². The predicted octanol–water partition coefficient (Wildman–Crippen LogP) is 5.33. The smallest absolute Gasteiger partial charge is 0.433 e. The van der Waals surface area contributed by atoms with E-state index in [1.807, 2.05) is 6.92 Å². The highest BCUT2D eigenvalue weighted by molar-refractivity contribution is 7.20. The number of rotatable bonds is 5. The van der Waals surface area contributed by atoms with Crippen molar-refractivity contribution in [2.45, 2.75) is 20.0 Å². The third-order valence-corrected chi connectivity index (χ3v) is 5.48. The number of fused-ring (bicyclic) bond motifs is 1. The number of nitrogens with one attached hydrogen (secondary N) is 1. The Morgan fingerprint density at radius 1 is 1.19 bits per heavy atom. The summed E-state index contributed by atoms with van der Waals surface area (Å²) in [5.41, 5.74) is -1.62. The molecule has 0 bridgehead atoms. The summed E-state index contributed by atoms with van der Waals surface area (Å²) >= 11 is 1.12. The highest BCUT2D eigenvalue weighted by Crippen LogP contribution is 2.32. The molecule has 2 aromatic heterocycles. The molecule has 2 aromatic carbocycles. The van der Waals surface area contributed by atoms with Crippen LogP contribution in [0.4, 0.5) is 18.9 Å². The summed E-state index contributed by atoms with van der Waals surface area (Å²) in [5.74, 6) is 0.620. The zero-order valence-corrected chi connectivity index (χ0v) is 17.3. The van der Waals surface area contributed by atoms with Crippen LogP contribution in [-0.4, -0.2) is 27.1 Å². The van der Waals surface area contributed by atoms with Crippen molar-refractivity contribution in [2.75, 3.05) is 6.61 Å². The summed E-state index contributed by atoms with van der Waals surface area (Å²) in [6, 6.07) is 13.6. The number of benzene rings is 2. The lowest BCUT2D eigenvalue weighted by molar-refractivity contribution is -0.141. The molecule has 0 aliphatic carbocycles. The topological polar surface area (TPSA) is 72.3 Å². The third-order valence-electron chi connectivity index (χ3n) is 4.45. The number of aromatic amines is 1. The number of halogens is 3. The van der Waals surface area contributed by atoms with Gasteiger partial charge in [0, 0.05) is 0 Å². The normalized spacial score (nSPS) is 12.5. The molecule has 6 nitrogen and oxygen atoms in total. The Hall–Kier alpha value is -3.40. The molecule has 0 spiro atoms. The number of H-pyrrole nitrogens is 1. The van der Waals surface area contributed by atoms with Crippen LogP contribution in [0, 0.1) is 0 Å². The Balaban J connectivity index is 1.81. The predicted molar refractivity (Wildman–Crippen MR) is 114 cm³/mol. The fraction of sp³-hybridized carbons (Fsp3) is 0.190. The quantitative estimate of drug-likeness (QED) is 0.421. The Morgan fingerprint density at radius 3 is 2.55 bits per heavy atom. The molecule has 4 rings (SSSR count). The molecule has 1 N–H and O–H groups in total. The molecule has 0 unspecified atom stereocenters. The number of aromatic nitrogens is 3. The summed E-state index contributed by atoms with van der Waals surface area (Å²) in [4.78, 5) is 21.5. The minimum atomic E-state index is -4.77. The highest BCUT2D eigenvalue weighted by atomic mass is 32.1. The van der Waals surface area contributed by atoms with E-state index in [4.69, 9.17) is 4.74 Å². The zero-order chi connectivity index (χ0) is 22.2. The lowest BCUT2D eigenvalue weighted by atomic mass is 10.1. The van der Waals surface area contributed by atoms with Gasteiger partial charge >= 0.3 is 6.18 Å². The Labute approximate surface area is 178 Å². The minimum absolute atomic E-state index is 0.0578. The Kier molecular flexibility index (Phi) is 5.40. The largest absolute Gasteiger partial charge is 0.494 e. The second-order valence-electron chi connectivity index (χ2n) is 6.59. The van der Waals surface area contributed by atoms with Gasteiger partial charge < -0.3 is 4.74 Å². The van der Waals surface area contributed by atoms with Gasteiger partial charge in [0.1, 0.15) is 5.75 Å². The lowest BCUT2D eigenvalue weighted by Crippen LogP contribution is -2.20. The Morgan fingerprint density at radius 2 is 1.90 bits per heavy atom. The zero-order valence-electron chi connectivity index (χ0n) is 16.5. The monoisotopic (exact) mass is 446 g/mol. The fourth-order valence-electron chi connectivity index (χ4n) is 3.10. The van der Waals surface area contributed by atoms with Crippen molar-refractivity contribution in [2.24, 2.45) is 4.99 Å². The Bertz CT molecular complexity index is 1280. The fourth-order valence-corrected chi connectivity index (χ4v) is 4.03. The van der Waals surface area contributed by atoms with Crippen molar-refractivity contribution in [1.82, 2.24) is 14.8 Å². The molecule has 0 amide bonds. The standard InChI is InChI=1S/C21H17F3N4O2S/c1-3-30-14-10-8-13(9-11-14)25-12(2)17-18(21(22,23)24)27-28(19(17)29)20-26-15-6-4-5-7-16(15)31-20/h4-11,27H,3H2,1-2H3. The number of para-hydroxylation sites is 1. The average molecular weight is 446 g/mol. The van der Waals surface area contributed by atoms with Crippen molar-refractivity contribution in [3.05, 3.63) is 70.1 Å². The van der Waals surface area contributed by atoms with Gasteiger partial charge in [-0.15, -0.1) is 0 Å². The summed E-state index contributed by atoms with van der Waals surface area (Å²) in [6.45, 7) is 3.71. The van der Waals surface area contributed by atoms with Gasteiger partial charge in [-0.25, -0.2) is 4.98 Å². The van der Waals surface area contributed by atoms with E-state index >= 15 is 0 Å². The highest BCUT2D eigenvalue weighted by Gasteiger charge is 2.39. The van der Waals surface area contributed by atoms with Crippen molar-refractivity contribution < 1.29 is 17.9 Å². The lowest BCUT2D eigenvalue weighted by Gasteiger charge is -2.06. The molecule has 160 valence electrons. The minimum Gasteiger partial charge on any atom is -0.494 e. The van der Waals surface area contributed by atoms with E-state index in [-0.39, 0.29) is 10.8 Å². The first-order valence-electron chi connectivity index (χ1n) is 9.34. The van der Waals surface area contributed by atoms with Crippen LogP contribution in [0.1, 0.15) is 25.1 Å². The van der Waals surface area contributed by atoms with Crippen molar-refractivity contribution in [1.29, 1.82) is 0 Å². The van der Waals surface area contributed by atoms with Gasteiger partial charge in [-0.1, -0.05) is 23.5 Å². The maximum Gasteiger partial charge on any atom is 0.433 e. The molecule has 0 radical (unpaired) electrons. The third kappa shape index (κ3) is 4.11. The van der Waals surface area contributed by atoms with Gasteiger partial charge in [0.05, 0.1) is 33.8 Å². The first-order chi connectivity index (χ1) is 14.8. The first-order valence-corrected chi connectivity index (χ1v) is 10.2. The van der Waals surface area contributed by atoms with Crippen molar-refractivity contribution >= 4 is 33.0 Å². The number of ether oxygens (including phenoxy) is 1. The summed E-state index contributed by atoms with van der Waals surface area (Å²) < 4.78 is 48.1. The number of hydrogen-bond donors (Lipinski definition) is 1. The van der Waals surface area contributed by atoms with Crippen LogP contribution in [0.3, 0.4) is 0 Å². The number of hydrogen-bond acceptors (Lipinski definition) is 5. The van der Waals surface area contributed by atoms with Gasteiger partial charge in [0.25, 0.3) is 5.56 Å². The second kappa shape index (κ2) is 8.03. The number of thiazole rings is 1. The molecule has 0 saturated heterocycles. The molecule has 0 saturated carbocycles. The van der Waals surface area contributed by atoms with Crippen LogP contribution in [0.15, 0.2) is 58.3 Å². The van der Waals surface area contributed by atoms with E-state index in [1.165, 1.54) is 6.92 Å². The molecule has 0 aliphatic rings. The molecule has 4 aromatic rings. The maximum atomic E-state index is 13.7. The van der Waals surface area contributed by atoms with Gasteiger partial charge in [-0.05, 0) is 50.2 Å². The molecular weight excluding hydrogens is 429 g/mol. The van der Waals surface area contributed by atoms with Gasteiger partial charge in [-0.2, -0.15) is 17.9 Å².